The average molecular weight is 437 g/mol. The number of carbonyl (C=O) groups is 2. The van der Waals surface area contributed by atoms with Crippen molar-refractivity contribution in [2.45, 2.75) is 19.6 Å². The Morgan fingerprint density at radius 2 is 1.66 bits per heavy atom. The summed E-state index contributed by atoms with van der Waals surface area (Å²) in [5.74, 6) is 0.842. The Kier molecular flexibility index (Phi) is 7.23. The Balaban J connectivity index is 1.56. The van der Waals surface area contributed by atoms with E-state index in [1.807, 2.05) is 0 Å². The maximum absolute atomic E-state index is 12.5. The van der Waals surface area contributed by atoms with Gasteiger partial charge in [-0.25, -0.2) is 0 Å². The summed E-state index contributed by atoms with van der Waals surface area (Å²) < 4.78 is 11.5. The number of rotatable bonds is 7. The monoisotopic (exact) mass is 436 g/mol. The predicted molar refractivity (Wildman–Crippen MR) is 111 cm³/mol. The Labute approximate surface area is 179 Å². The van der Waals surface area contributed by atoms with Crippen LogP contribution in [0.25, 0.3) is 0 Å². The standard InChI is InChI=1S/C21H22Cl2N2O4/c1-14(26)24-21(29-19-8-4-17(23)5-9-19)15-10-11-25(12-15)20(27)13-28-18-6-2-16(22)3-7-18/h2-9,15,21H,10-13H2,1H3,(H,24,26)/t15-,21-/m1/s1. The van der Waals surface area contributed by atoms with Crippen LogP contribution >= 0.6 is 23.2 Å². The molecule has 3 rings (SSSR count). The normalized spacial score (nSPS) is 16.9. The molecule has 1 aliphatic rings. The number of nitrogens with one attached hydrogen (secondary N) is 1. The highest BCUT2D eigenvalue weighted by molar-refractivity contribution is 6.30. The van der Waals surface area contributed by atoms with Crippen LogP contribution in [0.3, 0.4) is 0 Å². The minimum absolute atomic E-state index is 0.0333. The van der Waals surface area contributed by atoms with Gasteiger partial charge in [-0.2, -0.15) is 0 Å². The molecular weight excluding hydrogens is 415 g/mol. The first-order chi connectivity index (χ1) is 13.9. The van der Waals surface area contributed by atoms with Gasteiger partial charge < -0.3 is 19.7 Å². The zero-order valence-corrected chi connectivity index (χ0v) is 17.4. The molecule has 0 unspecified atom stereocenters. The molecule has 0 saturated carbocycles. The van der Waals surface area contributed by atoms with Gasteiger partial charge >= 0.3 is 0 Å². The molecule has 8 heteroatoms. The van der Waals surface area contributed by atoms with E-state index < -0.39 is 6.23 Å². The van der Waals surface area contributed by atoms with Crippen LogP contribution in [0.5, 0.6) is 11.5 Å². The second-order valence-corrected chi connectivity index (χ2v) is 7.70. The minimum Gasteiger partial charge on any atom is -0.484 e. The third kappa shape index (κ3) is 6.27. The Morgan fingerprint density at radius 3 is 2.24 bits per heavy atom. The molecule has 1 saturated heterocycles. The molecule has 2 amide bonds. The summed E-state index contributed by atoms with van der Waals surface area (Å²) in [6.07, 6.45) is 0.175. The largest absolute Gasteiger partial charge is 0.484 e. The van der Waals surface area contributed by atoms with E-state index in [1.165, 1.54) is 6.92 Å². The Hall–Kier alpha value is -2.44. The first kappa shape index (κ1) is 21.3. The Morgan fingerprint density at radius 1 is 1.07 bits per heavy atom. The van der Waals surface area contributed by atoms with Crippen molar-refractivity contribution in [2.24, 2.45) is 5.92 Å². The van der Waals surface area contributed by atoms with Crippen molar-refractivity contribution in [3.05, 3.63) is 58.6 Å². The summed E-state index contributed by atoms with van der Waals surface area (Å²) in [6, 6.07) is 13.8. The summed E-state index contributed by atoms with van der Waals surface area (Å²) in [6.45, 7) is 2.43. The molecule has 1 aliphatic heterocycles. The lowest BCUT2D eigenvalue weighted by Gasteiger charge is -2.25. The van der Waals surface area contributed by atoms with Gasteiger partial charge in [0.25, 0.3) is 5.91 Å². The van der Waals surface area contributed by atoms with Gasteiger partial charge in [-0.15, -0.1) is 0 Å². The molecule has 2 atom stereocenters. The van der Waals surface area contributed by atoms with Crippen molar-refractivity contribution in [3.8, 4) is 11.5 Å². The predicted octanol–water partition coefficient (Wildman–Crippen LogP) is 3.76. The van der Waals surface area contributed by atoms with Crippen molar-refractivity contribution >= 4 is 35.0 Å². The van der Waals surface area contributed by atoms with E-state index in [-0.39, 0.29) is 24.3 Å². The lowest BCUT2D eigenvalue weighted by molar-refractivity contribution is -0.132. The highest BCUT2D eigenvalue weighted by Crippen LogP contribution is 2.24. The molecule has 154 valence electrons. The molecule has 0 spiro atoms. The molecule has 1 fully saturated rings. The van der Waals surface area contributed by atoms with Gasteiger partial charge in [0.05, 0.1) is 0 Å². The van der Waals surface area contributed by atoms with Crippen molar-refractivity contribution < 1.29 is 19.1 Å². The molecule has 2 aromatic carbocycles. The summed E-state index contributed by atoms with van der Waals surface area (Å²) in [7, 11) is 0. The summed E-state index contributed by atoms with van der Waals surface area (Å²) in [4.78, 5) is 25.9. The average Bonchev–Trinajstić information content (AvgIpc) is 3.18. The van der Waals surface area contributed by atoms with Gasteiger partial charge in [0.1, 0.15) is 11.5 Å². The summed E-state index contributed by atoms with van der Waals surface area (Å²) in [5.41, 5.74) is 0. The lowest BCUT2D eigenvalue weighted by Crippen LogP contribution is -2.45. The van der Waals surface area contributed by atoms with E-state index in [0.717, 1.165) is 0 Å². The molecule has 0 aromatic heterocycles. The highest BCUT2D eigenvalue weighted by Gasteiger charge is 2.34. The van der Waals surface area contributed by atoms with E-state index in [2.05, 4.69) is 5.32 Å². The molecule has 0 radical (unpaired) electrons. The van der Waals surface area contributed by atoms with Crippen LogP contribution in [0.1, 0.15) is 13.3 Å². The van der Waals surface area contributed by atoms with E-state index in [0.29, 0.717) is 41.1 Å². The zero-order valence-electron chi connectivity index (χ0n) is 15.9. The van der Waals surface area contributed by atoms with E-state index >= 15 is 0 Å². The molecule has 0 bridgehead atoms. The molecule has 1 heterocycles. The fourth-order valence-corrected chi connectivity index (χ4v) is 3.38. The van der Waals surface area contributed by atoms with Crippen LogP contribution in [0.2, 0.25) is 10.0 Å². The summed E-state index contributed by atoms with van der Waals surface area (Å²) in [5, 5.41) is 4.04. The number of carbonyl (C=O) groups excluding carboxylic acids is 2. The van der Waals surface area contributed by atoms with Crippen LogP contribution in [-0.4, -0.2) is 42.6 Å². The fourth-order valence-electron chi connectivity index (χ4n) is 3.13. The van der Waals surface area contributed by atoms with Gasteiger partial charge in [-0.05, 0) is 55.0 Å². The maximum Gasteiger partial charge on any atom is 0.260 e. The molecule has 1 N–H and O–H groups in total. The van der Waals surface area contributed by atoms with E-state index in [1.54, 1.807) is 53.4 Å². The van der Waals surface area contributed by atoms with Crippen molar-refractivity contribution in [1.82, 2.24) is 10.2 Å². The van der Waals surface area contributed by atoms with Crippen molar-refractivity contribution in [2.75, 3.05) is 19.7 Å². The third-order valence-corrected chi connectivity index (χ3v) is 5.11. The quantitative estimate of drug-likeness (QED) is 0.670. The van der Waals surface area contributed by atoms with E-state index in [4.69, 9.17) is 32.7 Å². The molecule has 0 aliphatic carbocycles. The molecule has 29 heavy (non-hydrogen) atoms. The van der Waals surface area contributed by atoms with E-state index in [9.17, 15) is 9.59 Å². The number of likely N-dealkylation sites (tertiary alicyclic amines) is 1. The second-order valence-electron chi connectivity index (χ2n) is 6.82. The van der Waals surface area contributed by atoms with Gasteiger partial charge in [-0.3, -0.25) is 9.59 Å². The fraction of sp³-hybridized carbons (Fsp3) is 0.333. The zero-order chi connectivity index (χ0) is 20.8. The second kappa shape index (κ2) is 9.85. The number of amides is 2. The van der Waals surface area contributed by atoms with Crippen LogP contribution < -0.4 is 14.8 Å². The number of halogens is 2. The highest BCUT2D eigenvalue weighted by atomic mass is 35.5. The smallest absolute Gasteiger partial charge is 0.260 e. The number of ether oxygens (including phenoxy) is 2. The number of hydrogen-bond donors (Lipinski definition) is 1. The van der Waals surface area contributed by atoms with Crippen LogP contribution in [0.4, 0.5) is 0 Å². The number of hydrogen-bond acceptors (Lipinski definition) is 4. The topological polar surface area (TPSA) is 67.9 Å². The number of nitrogens with zero attached hydrogens (tertiary/aromatic N) is 1. The van der Waals surface area contributed by atoms with Gasteiger partial charge in [0.2, 0.25) is 5.91 Å². The maximum atomic E-state index is 12.5. The minimum atomic E-state index is -0.538. The van der Waals surface area contributed by atoms with Crippen LogP contribution in [0, 0.1) is 5.92 Å². The van der Waals surface area contributed by atoms with Crippen molar-refractivity contribution in [3.63, 3.8) is 0 Å². The molecule has 6 nitrogen and oxygen atoms in total. The van der Waals surface area contributed by atoms with Gasteiger partial charge in [0.15, 0.2) is 12.8 Å². The van der Waals surface area contributed by atoms with Crippen LogP contribution in [-0.2, 0) is 9.59 Å². The third-order valence-electron chi connectivity index (χ3n) is 4.60. The first-order valence-electron chi connectivity index (χ1n) is 9.26. The van der Waals surface area contributed by atoms with Gasteiger partial charge in [0, 0.05) is 36.0 Å². The molecular formula is C21H22Cl2N2O4. The first-order valence-corrected chi connectivity index (χ1v) is 10.0. The lowest BCUT2D eigenvalue weighted by atomic mass is 10.1. The molecule has 2 aromatic rings. The van der Waals surface area contributed by atoms with Gasteiger partial charge in [-0.1, -0.05) is 23.2 Å². The Bertz CT molecular complexity index is 843. The van der Waals surface area contributed by atoms with Crippen LogP contribution in [0.15, 0.2) is 48.5 Å². The van der Waals surface area contributed by atoms with Crippen molar-refractivity contribution in [1.29, 1.82) is 0 Å². The summed E-state index contributed by atoms with van der Waals surface area (Å²) >= 11 is 11.8. The number of benzene rings is 2. The SMILES string of the molecule is CC(=O)N[C@H](Oc1ccc(Cl)cc1)[C@@H]1CCN(C(=O)COc2ccc(Cl)cc2)C1.